The number of ether oxygens (including phenoxy) is 1. The van der Waals surface area contributed by atoms with Gasteiger partial charge in [0.1, 0.15) is 11.9 Å². The minimum atomic E-state index is -1.15. The lowest BCUT2D eigenvalue weighted by atomic mass is 9.79. The zero-order valence-corrected chi connectivity index (χ0v) is 21.1. The summed E-state index contributed by atoms with van der Waals surface area (Å²) >= 11 is 7.40. The highest BCUT2D eigenvalue weighted by molar-refractivity contribution is 7.16. The highest BCUT2D eigenvalue weighted by Gasteiger charge is 2.31. The van der Waals surface area contributed by atoms with E-state index in [0.717, 1.165) is 28.7 Å². The van der Waals surface area contributed by atoms with Gasteiger partial charge in [0, 0.05) is 24.5 Å². The summed E-state index contributed by atoms with van der Waals surface area (Å²) in [5, 5.41) is 10.2. The molecule has 1 N–H and O–H groups in total. The van der Waals surface area contributed by atoms with Crippen LogP contribution in [0.15, 0.2) is 42.6 Å². The fourth-order valence-corrected chi connectivity index (χ4v) is 5.74. The van der Waals surface area contributed by atoms with Crippen LogP contribution in [0, 0.1) is 23.7 Å². The predicted octanol–water partition coefficient (Wildman–Crippen LogP) is 6.21. The number of carboxylic acid groups (broad SMARTS) is 1. The molecule has 5 nitrogen and oxygen atoms in total. The Morgan fingerprint density at radius 2 is 2.20 bits per heavy atom. The molecule has 0 bridgehead atoms. The van der Waals surface area contributed by atoms with E-state index in [1.807, 2.05) is 30.3 Å². The number of aromatic nitrogens is 1. The van der Waals surface area contributed by atoms with Crippen LogP contribution in [0.2, 0.25) is 4.34 Å². The van der Waals surface area contributed by atoms with Crippen molar-refractivity contribution in [2.24, 2.45) is 11.8 Å². The van der Waals surface area contributed by atoms with Gasteiger partial charge in [0.2, 0.25) is 0 Å². The van der Waals surface area contributed by atoms with Crippen LogP contribution in [0.4, 0.5) is 4.39 Å². The number of methoxy groups -OCH3 is 1. The molecule has 184 valence electrons. The van der Waals surface area contributed by atoms with Gasteiger partial charge in [0.25, 0.3) is 0 Å². The van der Waals surface area contributed by atoms with E-state index in [0.29, 0.717) is 41.6 Å². The Bertz CT molecular complexity index is 1240. The average molecular weight is 515 g/mol. The number of likely N-dealkylation sites (tertiary alicyclic amines) is 1. The summed E-state index contributed by atoms with van der Waals surface area (Å²) in [6, 6.07) is 10.9. The van der Waals surface area contributed by atoms with Gasteiger partial charge in [0.05, 0.1) is 28.4 Å². The Balaban J connectivity index is 1.39. The monoisotopic (exact) mass is 514 g/mol. The molecule has 1 aromatic carbocycles. The van der Waals surface area contributed by atoms with Crippen LogP contribution in [0.3, 0.4) is 0 Å². The van der Waals surface area contributed by atoms with E-state index in [1.165, 1.54) is 11.3 Å². The number of hydrogen-bond donors (Lipinski definition) is 1. The number of thiophene rings is 1. The Labute approximate surface area is 213 Å². The van der Waals surface area contributed by atoms with E-state index in [-0.39, 0.29) is 18.3 Å². The average Bonchev–Trinajstić information content (AvgIpc) is 3.27. The van der Waals surface area contributed by atoms with E-state index in [1.54, 1.807) is 19.4 Å². The number of carbonyl (C=O) groups is 1. The van der Waals surface area contributed by atoms with Crippen LogP contribution < -0.4 is 4.74 Å². The number of benzene rings is 1. The molecule has 1 aliphatic heterocycles. The molecule has 0 saturated carbocycles. The lowest BCUT2D eigenvalue weighted by molar-refractivity contribution is -0.139. The second-order valence-electron chi connectivity index (χ2n) is 8.88. The van der Waals surface area contributed by atoms with Crippen LogP contribution in [0.5, 0.6) is 5.75 Å². The molecule has 3 aromatic rings. The third-order valence-electron chi connectivity index (χ3n) is 6.61. The summed E-state index contributed by atoms with van der Waals surface area (Å²) < 4.78 is 21.4. The van der Waals surface area contributed by atoms with Crippen molar-refractivity contribution in [2.75, 3.05) is 26.7 Å². The number of alkyl halides is 1. The molecule has 0 radical (unpaired) electrons. The number of halogens is 2. The standard InChI is InChI=1S/C27H28ClFN2O3S/c1-34-20-5-8-25-23(16-20)22(10-12-30-25)24(29)7-4-18-11-14-31(17-19(18)15-27(32)33)13-2-3-21-6-9-26(28)35-21/h5-6,8-10,12,16,18-19,24H,4,7,11,13-15,17H2,1H3,(H,32,33)/t18-,19+,24+/m1/s1. The highest BCUT2D eigenvalue weighted by Crippen LogP contribution is 2.36. The number of carboxylic acids is 1. The van der Waals surface area contributed by atoms with Crippen LogP contribution >= 0.6 is 22.9 Å². The third kappa shape index (κ3) is 6.72. The molecule has 0 aliphatic carbocycles. The van der Waals surface area contributed by atoms with Gasteiger partial charge in [0.15, 0.2) is 0 Å². The number of rotatable bonds is 8. The summed E-state index contributed by atoms with van der Waals surface area (Å²) in [7, 11) is 1.59. The van der Waals surface area contributed by atoms with Crippen LogP contribution in [-0.2, 0) is 4.79 Å². The number of hydrogen-bond acceptors (Lipinski definition) is 5. The molecule has 3 atom stereocenters. The first-order valence-electron chi connectivity index (χ1n) is 11.7. The highest BCUT2D eigenvalue weighted by atomic mass is 35.5. The van der Waals surface area contributed by atoms with Crippen LogP contribution in [0.1, 0.15) is 42.3 Å². The van der Waals surface area contributed by atoms with Gasteiger partial charge in [-0.15, -0.1) is 11.3 Å². The number of aliphatic carboxylic acids is 1. The Morgan fingerprint density at radius 3 is 2.94 bits per heavy atom. The number of fused-ring (bicyclic) bond motifs is 1. The minimum Gasteiger partial charge on any atom is -0.497 e. The van der Waals surface area contributed by atoms with Gasteiger partial charge in [-0.3, -0.25) is 14.7 Å². The zero-order chi connectivity index (χ0) is 24.8. The summed E-state index contributed by atoms with van der Waals surface area (Å²) in [5.41, 5.74) is 1.33. The van der Waals surface area contributed by atoms with Crippen molar-refractivity contribution >= 4 is 39.8 Å². The molecule has 0 amide bonds. The first-order chi connectivity index (χ1) is 16.9. The summed E-state index contributed by atoms with van der Waals surface area (Å²) in [6.45, 7) is 2.06. The Morgan fingerprint density at radius 1 is 1.34 bits per heavy atom. The quantitative estimate of drug-likeness (QED) is 0.362. The van der Waals surface area contributed by atoms with Crippen LogP contribution in [-0.4, -0.2) is 47.7 Å². The van der Waals surface area contributed by atoms with Crippen molar-refractivity contribution < 1.29 is 19.0 Å². The number of piperidine rings is 1. The Hall–Kier alpha value is -2.66. The third-order valence-corrected chi connectivity index (χ3v) is 7.76. The molecular weight excluding hydrogens is 487 g/mol. The van der Waals surface area contributed by atoms with Gasteiger partial charge >= 0.3 is 5.97 Å². The summed E-state index contributed by atoms with van der Waals surface area (Å²) in [4.78, 5) is 19.0. The van der Waals surface area contributed by atoms with Crippen molar-refractivity contribution in [3.8, 4) is 17.6 Å². The Kier molecular flexibility index (Phi) is 8.61. The SMILES string of the molecule is COc1ccc2nccc([C@@H](F)CC[C@@H]3CCN(CC#Cc4ccc(Cl)s4)C[C@@H]3CC(=O)O)c2c1. The molecule has 3 heterocycles. The lowest BCUT2D eigenvalue weighted by Crippen LogP contribution is -2.41. The van der Waals surface area contributed by atoms with E-state index in [4.69, 9.17) is 16.3 Å². The largest absolute Gasteiger partial charge is 0.497 e. The fourth-order valence-electron chi connectivity index (χ4n) is 4.82. The maximum atomic E-state index is 15.4. The zero-order valence-electron chi connectivity index (χ0n) is 19.5. The smallest absolute Gasteiger partial charge is 0.303 e. The van der Waals surface area contributed by atoms with Gasteiger partial charge < -0.3 is 9.84 Å². The second kappa shape index (κ2) is 11.9. The maximum absolute atomic E-state index is 15.4. The van der Waals surface area contributed by atoms with Crippen molar-refractivity contribution in [2.45, 2.75) is 31.9 Å². The molecule has 0 unspecified atom stereocenters. The van der Waals surface area contributed by atoms with Crippen molar-refractivity contribution in [3.63, 3.8) is 0 Å². The van der Waals surface area contributed by atoms with E-state index in [9.17, 15) is 9.90 Å². The molecule has 4 rings (SSSR count). The topological polar surface area (TPSA) is 62.7 Å². The maximum Gasteiger partial charge on any atom is 0.303 e. The van der Waals surface area contributed by atoms with E-state index in [2.05, 4.69) is 21.7 Å². The second-order valence-corrected chi connectivity index (χ2v) is 10.6. The van der Waals surface area contributed by atoms with E-state index >= 15 is 4.39 Å². The first kappa shape index (κ1) is 25.4. The number of nitrogens with zero attached hydrogens (tertiary/aromatic N) is 2. The molecular formula is C27H28ClFN2O3S. The van der Waals surface area contributed by atoms with Crippen molar-refractivity contribution in [3.05, 3.63) is 57.4 Å². The predicted molar refractivity (Wildman–Crippen MR) is 138 cm³/mol. The molecule has 0 spiro atoms. The molecule has 1 fully saturated rings. The van der Waals surface area contributed by atoms with Crippen LogP contribution in [0.25, 0.3) is 10.9 Å². The molecule has 2 aromatic heterocycles. The van der Waals surface area contributed by atoms with Gasteiger partial charge in [-0.2, -0.15) is 0 Å². The van der Waals surface area contributed by atoms with Gasteiger partial charge in [-0.25, -0.2) is 4.39 Å². The van der Waals surface area contributed by atoms with Gasteiger partial charge in [-0.05, 0) is 79.6 Å². The number of pyridine rings is 1. The van der Waals surface area contributed by atoms with Crippen molar-refractivity contribution in [1.82, 2.24) is 9.88 Å². The normalized spacial score (nSPS) is 19.2. The summed E-state index contributed by atoms with van der Waals surface area (Å²) in [6.07, 6.45) is 2.38. The minimum absolute atomic E-state index is 0.0271. The molecule has 1 aliphatic rings. The van der Waals surface area contributed by atoms with Crippen molar-refractivity contribution in [1.29, 1.82) is 0 Å². The van der Waals surface area contributed by atoms with E-state index < -0.39 is 12.1 Å². The lowest BCUT2D eigenvalue weighted by Gasteiger charge is -2.37. The first-order valence-corrected chi connectivity index (χ1v) is 12.9. The summed E-state index contributed by atoms with van der Waals surface area (Å²) in [5.74, 6) is 6.28. The molecule has 35 heavy (non-hydrogen) atoms. The molecule has 8 heteroatoms. The van der Waals surface area contributed by atoms with Gasteiger partial charge in [-0.1, -0.05) is 23.4 Å². The molecule has 1 saturated heterocycles. The fraction of sp³-hybridized carbons (Fsp3) is 0.407.